The third-order valence-electron chi connectivity index (χ3n) is 4.72. The fraction of sp³-hybridized carbons (Fsp3) is 0.136. The van der Waals surface area contributed by atoms with Crippen LogP contribution in [0, 0.1) is 37.9 Å². The van der Waals surface area contributed by atoms with Gasteiger partial charge in [-0.1, -0.05) is 0 Å². The van der Waals surface area contributed by atoms with Crippen molar-refractivity contribution >= 4 is 22.7 Å². The Balaban J connectivity index is 1.80. The molecule has 5 nitrogen and oxygen atoms in total. The predicted octanol–water partition coefficient (Wildman–Crippen LogP) is 4.88. The van der Waals surface area contributed by atoms with Crippen molar-refractivity contribution in [3.05, 3.63) is 76.8 Å². The van der Waals surface area contributed by atoms with Gasteiger partial charge in [-0.05, 0) is 74.4 Å². The van der Waals surface area contributed by atoms with Crippen LogP contribution in [-0.4, -0.2) is 19.5 Å². The highest BCUT2D eigenvalue weighted by molar-refractivity contribution is 5.90. The number of hydrogen-bond acceptors (Lipinski definition) is 3. The van der Waals surface area contributed by atoms with Crippen molar-refractivity contribution in [3.8, 4) is 11.9 Å². The number of benzene rings is 1. The van der Waals surface area contributed by atoms with Gasteiger partial charge in [0.05, 0.1) is 16.6 Å². The summed E-state index contributed by atoms with van der Waals surface area (Å²) >= 11 is 0. The molecule has 0 bridgehead atoms. The van der Waals surface area contributed by atoms with Crippen molar-refractivity contribution in [2.75, 3.05) is 0 Å². The molecular weight excluding hydrogens is 353 g/mol. The maximum Gasteiger partial charge on any atom is 0.149 e. The first-order valence-electron chi connectivity index (χ1n) is 8.85. The van der Waals surface area contributed by atoms with Crippen LogP contribution in [0.4, 0.5) is 4.39 Å². The maximum atomic E-state index is 13.4. The lowest BCUT2D eigenvalue weighted by atomic mass is 10.1. The van der Waals surface area contributed by atoms with E-state index in [1.54, 1.807) is 18.3 Å². The normalized spacial score (nSPS) is 11.8. The Bertz CT molecular complexity index is 1270. The number of fused-ring (bicyclic) bond motifs is 1. The monoisotopic (exact) mass is 371 g/mol. The van der Waals surface area contributed by atoms with Crippen LogP contribution in [0.25, 0.3) is 28.5 Å². The molecule has 3 aromatic heterocycles. The van der Waals surface area contributed by atoms with Crippen molar-refractivity contribution < 1.29 is 4.39 Å². The van der Waals surface area contributed by atoms with E-state index in [0.29, 0.717) is 22.4 Å². The Morgan fingerprint density at radius 1 is 1.18 bits per heavy atom. The van der Waals surface area contributed by atoms with Gasteiger partial charge < -0.3 is 9.55 Å². The van der Waals surface area contributed by atoms with E-state index in [0.717, 1.165) is 28.3 Å². The molecule has 1 aromatic carbocycles. The molecule has 0 atom stereocenters. The zero-order valence-corrected chi connectivity index (χ0v) is 15.8. The fourth-order valence-corrected chi connectivity index (χ4v) is 3.35. The Kier molecular flexibility index (Phi) is 4.28. The number of allylic oxidation sites excluding steroid dienone is 1. The van der Waals surface area contributed by atoms with Gasteiger partial charge >= 0.3 is 0 Å². The summed E-state index contributed by atoms with van der Waals surface area (Å²) in [5.74, 6) is 0.911. The van der Waals surface area contributed by atoms with Crippen molar-refractivity contribution in [2.45, 2.75) is 20.8 Å². The first-order valence-corrected chi connectivity index (χ1v) is 8.85. The van der Waals surface area contributed by atoms with E-state index in [-0.39, 0.29) is 5.82 Å². The van der Waals surface area contributed by atoms with Gasteiger partial charge in [0.1, 0.15) is 23.5 Å². The fourth-order valence-electron chi connectivity index (χ4n) is 3.35. The Morgan fingerprint density at radius 2 is 2.00 bits per heavy atom. The number of rotatable bonds is 3. The maximum absolute atomic E-state index is 13.4. The van der Waals surface area contributed by atoms with E-state index < -0.39 is 0 Å². The van der Waals surface area contributed by atoms with Gasteiger partial charge in [-0.3, -0.25) is 0 Å². The Morgan fingerprint density at radius 3 is 2.75 bits per heavy atom. The second kappa shape index (κ2) is 6.78. The number of H-pyrrole nitrogens is 1. The SMILES string of the molecule is Cc1ccnc(-n2c(C)cc(/C=C(/C#N)c3nc4ccc(F)cc4[nH]3)c2C)c1. The van der Waals surface area contributed by atoms with E-state index in [2.05, 4.69) is 25.6 Å². The molecule has 0 amide bonds. The number of hydrogen-bond donors (Lipinski definition) is 1. The van der Waals surface area contributed by atoms with Gasteiger partial charge in [-0.2, -0.15) is 5.26 Å². The van der Waals surface area contributed by atoms with Crippen molar-refractivity contribution in [1.29, 1.82) is 5.26 Å². The summed E-state index contributed by atoms with van der Waals surface area (Å²) in [4.78, 5) is 11.9. The van der Waals surface area contributed by atoms with E-state index >= 15 is 0 Å². The summed E-state index contributed by atoms with van der Waals surface area (Å²) in [5.41, 5.74) is 5.59. The summed E-state index contributed by atoms with van der Waals surface area (Å²) in [6, 6.07) is 12.5. The minimum atomic E-state index is -0.348. The van der Waals surface area contributed by atoms with E-state index in [1.165, 1.54) is 12.1 Å². The number of nitriles is 1. The number of pyridine rings is 1. The molecule has 0 saturated carbocycles. The van der Waals surface area contributed by atoms with E-state index in [1.807, 2.05) is 39.0 Å². The lowest BCUT2D eigenvalue weighted by molar-refractivity contribution is 0.629. The van der Waals surface area contributed by atoms with Crippen LogP contribution in [0.5, 0.6) is 0 Å². The molecule has 138 valence electrons. The summed E-state index contributed by atoms with van der Waals surface area (Å²) in [5, 5.41) is 9.67. The zero-order chi connectivity index (χ0) is 19.8. The average molecular weight is 371 g/mol. The molecule has 0 spiro atoms. The summed E-state index contributed by atoms with van der Waals surface area (Å²) in [6.45, 7) is 6.02. The highest BCUT2D eigenvalue weighted by Gasteiger charge is 2.14. The number of nitrogens with zero attached hydrogens (tertiary/aromatic N) is 4. The van der Waals surface area contributed by atoms with Crippen LogP contribution in [0.3, 0.4) is 0 Å². The zero-order valence-electron chi connectivity index (χ0n) is 15.8. The number of aryl methyl sites for hydroxylation is 2. The van der Waals surface area contributed by atoms with Gasteiger partial charge in [-0.15, -0.1) is 0 Å². The molecular formula is C22H18FN5. The largest absolute Gasteiger partial charge is 0.337 e. The first kappa shape index (κ1) is 17.7. The molecule has 4 rings (SSSR count). The molecule has 0 unspecified atom stereocenters. The van der Waals surface area contributed by atoms with E-state index in [4.69, 9.17) is 0 Å². The number of aromatic nitrogens is 4. The third kappa shape index (κ3) is 3.08. The van der Waals surface area contributed by atoms with Crippen molar-refractivity contribution in [3.63, 3.8) is 0 Å². The van der Waals surface area contributed by atoms with Gasteiger partial charge in [0.15, 0.2) is 0 Å². The predicted molar refractivity (Wildman–Crippen MR) is 107 cm³/mol. The Labute approximate surface area is 161 Å². The number of halogens is 1. The lowest BCUT2D eigenvalue weighted by Gasteiger charge is -2.09. The van der Waals surface area contributed by atoms with Gasteiger partial charge in [0.2, 0.25) is 0 Å². The molecule has 0 fully saturated rings. The summed E-state index contributed by atoms with van der Waals surface area (Å²) < 4.78 is 15.5. The smallest absolute Gasteiger partial charge is 0.149 e. The third-order valence-corrected chi connectivity index (χ3v) is 4.72. The van der Waals surface area contributed by atoms with Gasteiger partial charge in [-0.25, -0.2) is 14.4 Å². The summed E-state index contributed by atoms with van der Waals surface area (Å²) in [6.07, 6.45) is 3.58. The van der Waals surface area contributed by atoms with Crippen LogP contribution < -0.4 is 0 Å². The summed E-state index contributed by atoms with van der Waals surface area (Å²) in [7, 11) is 0. The standard InChI is InChI=1S/C22H18FN5/c1-13-6-7-25-21(8-13)28-14(2)9-16(15(28)3)10-17(12-24)22-26-19-5-4-18(23)11-20(19)27-22/h4-11H,1-3H3,(H,26,27)/b17-10-. The number of imidazole rings is 1. The highest BCUT2D eigenvalue weighted by atomic mass is 19.1. The molecule has 4 aromatic rings. The molecule has 0 aliphatic carbocycles. The van der Waals surface area contributed by atoms with Crippen LogP contribution in [0.15, 0.2) is 42.6 Å². The topological polar surface area (TPSA) is 70.3 Å². The first-order chi connectivity index (χ1) is 13.5. The van der Waals surface area contributed by atoms with Crippen molar-refractivity contribution in [2.24, 2.45) is 0 Å². The van der Waals surface area contributed by atoms with E-state index in [9.17, 15) is 9.65 Å². The Hall–Kier alpha value is -3.72. The number of aromatic amines is 1. The van der Waals surface area contributed by atoms with Crippen molar-refractivity contribution in [1.82, 2.24) is 19.5 Å². The minimum absolute atomic E-state index is 0.348. The van der Waals surface area contributed by atoms with Crippen LogP contribution in [-0.2, 0) is 0 Å². The highest BCUT2D eigenvalue weighted by Crippen LogP contribution is 2.25. The molecule has 1 N–H and O–H groups in total. The minimum Gasteiger partial charge on any atom is -0.337 e. The van der Waals surface area contributed by atoms with Crippen LogP contribution in [0.2, 0.25) is 0 Å². The molecule has 6 heteroatoms. The molecule has 0 radical (unpaired) electrons. The molecule has 3 heterocycles. The van der Waals surface area contributed by atoms with Crippen LogP contribution in [0.1, 0.15) is 28.3 Å². The average Bonchev–Trinajstić information content (AvgIpc) is 3.19. The molecule has 0 saturated heterocycles. The van der Waals surface area contributed by atoms with Gasteiger partial charge in [0, 0.05) is 17.6 Å². The molecule has 0 aliphatic heterocycles. The second-order valence-electron chi connectivity index (χ2n) is 6.77. The lowest BCUT2D eigenvalue weighted by Crippen LogP contribution is -2.02. The molecule has 0 aliphatic rings. The number of nitrogens with one attached hydrogen (secondary N) is 1. The molecule has 28 heavy (non-hydrogen) atoms. The second-order valence-corrected chi connectivity index (χ2v) is 6.77. The quantitative estimate of drug-likeness (QED) is 0.522. The van der Waals surface area contributed by atoms with Crippen LogP contribution >= 0.6 is 0 Å². The van der Waals surface area contributed by atoms with Gasteiger partial charge in [0.25, 0.3) is 0 Å².